The zero-order valence-corrected chi connectivity index (χ0v) is 11.0. The van der Waals surface area contributed by atoms with Crippen LogP contribution in [0.2, 0.25) is 5.02 Å². The molecule has 0 bridgehead atoms. The fourth-order valence-corrected chi connectivity index (χ4v) is 2.98. The highest BCUT2D eigenvalue weighted by Gasteiger charge is 2.58. The molecule has 1 aliphatic rings. The largest absolute Gasteiger partial charge is 0.362 e. The van der Waals surface area contributed by atoms with E-state index < -0.39 is 17.5 Å². The van der Waals surface area contributed by atoms with Gasteiger partial charge in [0.05, 0.1) is 0 Å². The van der Waals surface area contributed by atoms with Crippen LogP contribution in [0.3, 0.4) is 0 Å². The van der Waals surface area contributed by atoms with Gasteiger partial charge in [-0.1, -0.05) is 29.8 Å². The first-order valence-corrected chi connectivity index (χ1v) is 6.29. The standard InChI is InChI=1S/C13H17ClFNO2/c1-18-13(17)11(15)7-4-8-12(13,16)9-5-2-3-6-10(9)14/h2-3,5-6,11,17H,4,7-8,16H2,1H3/t11-,12+,13?/m1/s1. The average molecular weight is 274 g/mol. The fraction of sp³-hybridized carbons (Fsp3) is 0.538. The SMILES string of the molecule is COC1(O)[C@H](F)CCC[C@]1(N)c1ccccc1Cl. The molecule has 100 valence electrons. The van der Waals surface area contributed by atoms with E-state index in [1.165, 1.54) is 7.11 Å². The molecular weight excluding hydrogens is 257 g/mol. The van der Waals surface area contributed by atoms with Gasteiger partial charge in [0, 0.05) is 12.1 Å². The van der Waals surface area contributed by atoms with Crippen LogP contribution in [0.25, 0.3) is 0 Å². The van der Waals surface area contributed by atoms with Crippen LogP contribution in [0.1, 0.15) is 24.8 Å². The second-order valence-electron chi connectivity index (χ2n) is 4.71. The molecule has 1 aliphatic carbocycles. The van der Waals surface area contributed by atoms with Crippen LogP contribution in [-0.4, -0.2) is 24.2 Å². The molecule has 0 radical (unpaired) electrons. The van der Waals surface area contributed by atoms with Crippen LogP contribution in [-0.2, 0) is 10.3 Å². The summed E-state index contributed by atoms with van der Waals surface area (Å²) in [6.07, 6.45) is -0.304. The first-order chi connectivity index (χ1) is 8.45. The van der Waals surface area contributed by atoms with Gasteiger partial charge in [0.2, 0.25) is 5.79 Å². The number of halogens is 2. The van der Waals surface area contributed by atoms with E-state index in [-0.39, 0.29) is 6.42 Å². The van der Waals surface area contributed by atoms with Gasteiger partial charge in [-0.2, -0.15) is 0 Å². The topological polar surface area (TPSA) is 55.5 Å². The summed E-state index contributed by atoms with van der Waals surface area (Å²) in [4.78, 5) is 0. The van der Waals surface area contributed by atoms with Crippen molar-refractivity contribution in [1.29, 1.82) is 0 Å². The van der Waals surface area contributed by atoms with E-state index >= 15 is 0 Å². The Labute approximate surface area is 111 Å². The van der Waals surface area contributed by atoms with Crippen molar-refractivity contribution in [3.8, 4) is 0 Å². The van der Waals surface area contributed by atoms with E-state index in [9.17, 15) is 9.50 Å². The molecule has 1 fully saturated rings. The Morgan fingerprint density at radius 2 is 2.17 bits per heavy atom. The molecule has 1 unspecified atom stereocenters. The minimum atomic E-state index is -2.05. The molecule has 5 heteroatoms. The van der Waals surface area contributed by atoms with Gasteiger partial charge in [0.1, 0.15) is 5.54 Å². The monoisotopic (exact) mass is 273 g/mol. The second-order valence-corrected chi connectivity index (χ2v) is 5.12. The lowest BCUT2D eigenvalue weighted by Gasteiger charge is -2.48. The van der Waals surface area contributed by atoms with Crippen LogP contribution in [0.5, 0.6) is 0 Å². The fourth-order valence-electron chi connectivity index (χ4n) is 2.67. The lowest BCUT2D eigenvalue weighted by molar-refractivity contribution is -0.281. The number of benzene rings is 1. The molecule has 3 N–H and O–H groups in total. The predicted molar refractivity (Wildman–Crippen MR) is 68.0 cm³/mol. The number of nitrogens with two attached hydrogens (primary N) is 1. The number of ether oxygens (including phenoxy) is 1. The molecule has 1 saturated carbocycles. The van der Waals surface area contributed by atoms with Crippen LogP contribution >= 0.6 is 11.6 Å². The molecule has 0 aromatic heterocycles. The zero-order valence-electron chi connectivity index (χ0n) is 10.2. The van der Waals surface area contributed by atoms with E-state index in [4.69, 9.17) is 22.1 Å². The number of alkyl halides is 1. The molecule has 1 aromatic rings. The molecule has 0 saturated heterocycles. The van der Waals surface area contributed by atoms with Gasteiger partial charge in [-0.05, 0) is 30.9 Å². The summed E-state index contributed by atoms with van der Waals surface area (Å²) >= 11 is 6.11. The predicted octanol–water partition coefficient (Wildman–Crippen LogP) is 2.35. The molecule has 0 amide bonds. The summed E-state index contributed by atoms with van der Waals surface area (Å²) in [5.41, 5.74) is 5.44. The van der Waals surface area contributed by atoms with Crippen LogP contribution in [0.4, 0.5) is 4.39 Å². The Morgan fingerprint density at radius 1 is 1.50 bits per heavy atom. The molecule has 1 aromatic carbocycles. The first kappa shape index (κ1) is 13.7. The minimum Gasteiger partial charge on any atom is -0.362 e. The number of methoxy groups -OCH3 is 1. The quantitative estimate of drug-likeness (QED) is 0.814. The number of hydrogen-bond acceptors (Lipinski definition) is 3. The van der Waals surface area contributed by atoms with Crippen LogP contribution < -0.4 is 5.73 Å². The number of aliphatic hydroxyl groups is 1. The van der Waals surface area contributed by atoms with Gasteiger partial charge in [0.25, 0.3) is 0 Å². The van der Waals surface area contributed by atoms with Crippen molar-refractivity contribution in [1.82, 2.24) is 0 Å². The summed E-state index contributed by atoms with van der Waals surface area (Å²) in [5, 5.41) is 10.9. The highest BCUT2D eigenvalue weighted by atomic mass is 35.5. The van der Waals surface area contributed by atoms with Crippen molar-refractivity contribution in [3.05, 3.63) is 34.9 Å². The van der Waals surface area contributed by atoms with Crippen molar-refractivity contribution >= 4 is 11.6 Å². The van der Waals surface area contributed by atoms with Crippen molar-refractivity contribution in [2.45, 2.75) is 36.8 Å². The molecular formula is C13H17ClFNO2. The summed E-state index contributed by atoms with van der Waals surface area (Å²) in [6, 6.07) is 6.89. The van der Waals surface area contributed by atoms with Gasteiger partial charge in [-0.25, -0.2) is 4.39 Å². The van der Waals surface area contributed by atoms with E-state index in [2.05, 4.69) is 0 Å². The van der Waals surface area contributed by atoms with E-state index in [0.717, 1.165) is 0 Å². The van der Waals surface area contributed by atoms with E-state index in [1.807, 2.05) is 0 Å². The smallest absolute Gasteiger partial charge is 0.220 e. The normalized spacial score (nSPS) is 36.6. The lowest BCUT2D eigenvalue weighted by atomic mass is 9.71. The Kier molecular flexibility index (Phi) is 3.65. The minimum absolute atomic E-state index is 0.230. The summed E-state index contributed by atoms with van der Waals surface area (Å²) in [6.45, 7) is 0. The highest BCUT2D eigenvalue weighted by molar-refractivity contribution is 6.31. The van der Waals surface area contributed by atoms with E-state index in [1.54, 1.807) is 24.3 Å². The third kappa shape index (κ3) is 1.84. The maximum Gasteiger partial charge on any atom is 0.220 e. The van der Waals surface area contributed by atoms with Gasteiger partial charge in [0.15, 0.2) is 6.17 Å². The molecule has 0 spiro atoms. The summed E-state index contributed by atoms with van der Waals surface area (Å²) < 4.78 is 19.1. The zero-order chi connectivity index (χ0) is 13.4. The van der Waals surface area contributed by atoms with E-state index in [0.29, 0.717) is 23.4 Å². The number of rotatable bonds is 2. The molecule has 2 rings (SSSR count). The first-order valence-electron chi connectivity index (χ1n) is 5.91. The van der Waals surface area contributed by atoms with Gasteiger partial charge in [-0.15, -0.1) is 0 Å². The molecule has 0 heterocycles. The van der Waals surface area contributed by atoms with Gasteiger partial charge < -0.3 is 15.6 Å². The third-order valence-corrected chi connectivity index (χ3v) is 4.09. The molecule has 3 nitrogen and oxygen atoms in total. The highest BCUT2D eigenvalue weighted by Crippen LogP contribution is 2.46. The second kappa shape index (κ2) is 4.78. The maximum atomic E-state index is 14.0. The van der Waals surface area contributed by atoms with Crippen LogP contribution in [0, 0.1) is 0 Å². The molecule has 0 aliphatic heterocycles. The molecule has 3 atom stereocenters. The number of hydrogen-bond donors (Lipinski definition) is 2. The van der Waals surface area contributed by atoms with Crippen molar-refractivity contribution < 1.29 is 14.2 Å². The molecule has 18 heavy (non-hydrogen) atoms. The maximum absolute atomic E-state index is 14.0. The summed E-state index contributed by atoms with van der Waals surface area (Å²) in [5.74, 6) is -2.05. The van der Waals surface area contributed by atoms with Crippen LogP contribution in [0.15, 0.2) is 24.3 Å². The van der Waals surface area contributed by atoms with Gasteiger partial charge >= 0.3 is 0 Å². The Hall–Kier alpha value is -0.680. The average Bonchev–Trinajstić information content (AvgIpc) is 2.36. The van der Waals surface area contributed by atoms with Crippen molar-refractivity contribution in [3.63, 3.8) is 0 Å². The Balaban J connectivity index is 2.54. The Morgan fingerprint density at radius 3 is 2.78 bits per heavy atom. The third-order valence-electron chi connectivity index (χ3n) is 3.76. The Bertz CT molecular complexity index is 445. The summed E-state index contributed by atoms with van der Waals surface area (Å²) in [7, 11) is 1.26. The van der Waals surface area contributed by atoms with Crippen molar-refractivity contribution in [2.75, 3.05) is 7.11 Å². The van der Waals surface area contributed by atoms with Gasteiger partial charge in [-0.3, -0.25) is 0 Å². The lowest BCUT2D eigenvalue weighted by Crippen LogP contribution is -2.66. The van der Waals surface area contributed by atoms with Crippen molar-refractivity contribution in [2.24, 2.45) is 5.73 Å².